The van der Waals surface area contributed by atoms with Crippen molar-refractivity contribution in [3.63, 3.8) is 0 Å². The predicted octanol–water partition coefficient (Wildman–Crippen LogP) is 3.96. The number of hydrogen-bond donors (Lipinski definition) is 3. The minimum absolute atomic E-state index is 0.191. The molecule has 2 unspecified atom stereocenters. The van der Waals surface area contributed by atoms with Gasteiger partial charge in [-0.25, -0.2) is 0 Å². The zero-order valence-corrected chi connectivity index (χ0v) is 17.8. The van der Waals surface area contributed by atoms with Crippen LogP contribution in [0.4, 0.5) is 0 Å². The second-order valence-electron chi connectivity index (χ2n) is 7.36. The van der Waals surface area contributed by atoms with E-state index in [1.807, 2.05) is 32.1 Å². The zero-order chi connectivity index (χ0) is 20.1. The lowest BCUT2D eigenvalue weighted by Gasteiger charge is -2.29. The Morgan fingerprint density at radius 1 is 1.11 bits per heavy atom. The van der Waals surface area contributed by atoms with Crippen LogP contribution in [0.3, 0.4) is 0 Å². The van der Waals surface area contributed by atoms with Crippen molar-refractivity contribution in [1.29, 1.82) is 5.26 Å². The molecule has 3 N–H and O–H groups in total. The van der Waals surface area contributed by atoms with Gasteiger partial charge >= 0.3 is 0 Å². The first kappa shape index (κ1) is 21.7. The van der Waals surface area contributed by atoms with Crippen molar-refractivity contribution in [1.82, 2.24) is 16.2 Å². The quantitative estimate of drug-likeness (QED) is 0.269. The van der Waals surface area contributed by atoms with Gasteiger partial charge in [0.2, 0.25) is 0 Å². The van der Waals surface area contributed by atoms with E-state index in [4.69, 9.17) is 35.4 Å². The van der Waals surface area contributed by atoms with Crippen LogP contribution in [-0.4, -0.2) is 20.8 Å². The van der Waals surface area contributed by atoms with Crippen LogP contribution in [0.15, 0.2) is 36.1 Å². The monoisotopic (exact) mass is 426 g/mol. The number of rotatable bonds is 2. The van der Waals surface area contributed by atoms with Crippen molar-refractivity contribution < 1.29 is 4.79 Å². The first-order valence-corrected chi connectivity index (χ1v) is 10.0. The molecule has 2 aliphatic rings. The molecule has 8 heteroatoms. The average molecular weight is 427 g/mol. The van der Waals surface area contributed by atoms with Crippen LogP contribution in [0, 0.1) is 16.7 Å². The zero-order valence-electron chi connectivity index (χ0n) is 15.4. The summed E-state index contributed by atoms with van der Waals surface area (Å²) in [6.07, 6.45) is 13.0. The molecule has 146 valence electrons. The van der Waals surface area contributed by atoms with Crippen LogP contribution in [0.2, 0.25) is 0 Å². The second-order valence-corrected chi connectivity index (χ2v) is 9.39. The Hall–Kier alpha value is -1.55. The molecule has 0 radical (unpaired) electrons. The smallest absolute Gasteiger partial charge is 0.258 e. The number of allylic oxidation sites excluding steroid dienone is 5. The molecular formula is C19H24Cl2N4OS. The summed E-state index contributed by atoms with van der Waals surface area (Å²) >= 11 is 18.1. The molecule has 0 aromatic carbocycles. The fourth-order valence-corrected chi connectivity index (χ4v) is 3.53. The first-order valence-electron chi connectivity index (χ1n) is 8.87. The number of thiocarbonyl (C=S) groups is 1. The van der Waals surface area contributed by atoms with Gasteiger partial charge in [-0.1, -0.05) is 37.5 Å². The molecule has 0 bridgehead atoms. The summed E-state index contributed by atoms with van der Waals surface area (Å²) in [6, 6.07) is 2.18. The van der Waals surface area contributed by atoms with Crippen molar-refractivity contribution in [3.8, 4) is 6.07 Å². The molecule has 1 fully saturated rings. The third-order valence-electron chi connectivity index (χ3n) is 4.66. The van der Waals surface area contributed by atoms with Crippen molar-refractivity contribution in [2.45, 2.75) is 55.7 Å². The lowest BCUT2D eigenvalue weighted by Crippen LogP contribution is -2.52. The predicted molar refractivity (Wildman–Crippen MR) is 113 cm³/mol. The summed E-state index contributed by atoms with van der Waals surface area (Å²) in [5.41, 5.74) is 4.89. The van der Waals surface area contributed by atoms with Crippen LogP contribution in [0.1, 0.15) is 46.0 Å². The molecule has 0 saturated heterocycles. The minimum Gasteiger partial charge on any atom is -0.332 e. The Bertz CT molecular complexity index is 728. The van der Waals surface area contributed by atoms with E-state index >= 15 is 0 Å². The summed E-state index contributed by atoms with van der Waals surface area (Å²) < 4.78 is 0. The van der Waals surface area contributed by atoms with E-state index < -0.39 is 15.2 Å². The second kappa shape index (κ2) is 8.64. The van der Waals surface area contributed by atoms with E-state index in [0.717, 1.165) is 19.3 Å². The van der Waals surface area contributed by atoms with Gasteiger partial charge in [-0.05, 0) is 51.1 Å². The largest absolute Gasteiger partial charge is 0.332 e. The minimum atomic E-state index is -0.986. The molecule has 0 spiro atoms. The average Bonchev–Trinajstić information content (AvgIpc) is 2.62. The molecular weight excluding hydrogens is 403 g/mol. The van der Waals surface area contributed by atoms with Gasteiger partial charge in [-0.3, -0.25) is 15.6 Å². The number of amides is 1. The van der Waals surface area contributed by atoms with Crippen LogP contribution in [0.25, 0.3) is 0 Å². The fourth-order valence-electron chi connectivity index (χ4n) is 3.05. The summed E-state index contributed by atoms with van der Waals surface area (Å²) in [4.78, 5) is 11.1. The molecule has 1 amide bonds. The van der Waals surface area contributed by atoms with Crippen LogP contribution in [0.5, 0.6) is 0 Å². The number of carbonyl (C=O) groups is 1. The highest BCUT2D eigenvalue weighted by Crippen LogP contribution is 2.35. The molecule has 0 heterocycles. The standard InChI is InChI=1S/C19H24Cl2N4OS/c1-17(20)9-6-14(12-18(2,21)11-10-17)23-16(27)25-24-15(26)19(13-22)7-4-3-5-8-19/h6,9-12H,3-5,7-8H2,1-2H3,(H,24,26)(H2,23,25,27)/b9-6-,11-10-,14-12+. The number of carbonyl (C=O) groups excluding carboxylic acids is 1. The first-order chi connectivity index (χ1) is 12.6. The van der Waals surface area contributed by atoms with E-state index in [1.165, 1.54) is 0 Å². The van der Waals surface area contributed by atoms with Gasteiger partial charge in [0, 0.05) is 5.70 Å². The molecule has 2 atom stereocenters. The van der Waals surface area contributed by atoms with E-state index in [9.17, 15) is 10.1 Å². The summed E-state index contributed by atoms with van der Waals surface area (Å²) in [6.45, 7) is 3.68. The number of halogens is 2. The highest BCUT2D eigenvalue weighted by atomic mass is 35.5. The number of hydrazine groups is 1. The highest BCUT2D eigenvalue weighted by molar-refractivity contribution is 7.80. The Kier molecular flexibility index (Phi) is 6.96. The van der Waals surface area contributed by atoms with E-state index in [0.29, 0.717) is 18.5 Å². The molecule has 2 rings (SSSR count). The van der Waals surface area contributed by atoms with Crippen molar-refractivity contribution in [2.24, 2.45) is 5.41 Å². The molecule has 27 heavy (non-hydrogen) atoms. The van der Waals surface area contributed by atoms with E-state index in [2.05, 4.69) is 22.2 Å². The maximum atomic E-state index is 12.5. The Balaban J connectivity index is 1.99. The van der Waals surface area contributed by atoms with Crippen molar-refractivity contribution in [3.05, 3.63) is 36.1 Å². The van der Waals surface area contributed by atoms with E-state index in [-0.39, 0.29) is 11.0 Å². The Labute approximate surface area is 175 Å². The van der Waals surface area contributed by atoms with Gasteiger partial charge in [-0.2, -0.15) is 5.26 Å². The maximum absolute atomic E-state index is 12.5. The number of alkyl halides is 2. The van der Waals surface area contributed by atoms with E-state index in [1.54, 1.807) is 12.2 Å². The Morgan fingerprint density at radius 3 is 2.37 bits per heavy atom. The summed E-state index contributed by atoms with van der Waals surface area (Å²) in [7, 11) is 0. The fraction of sp³-hybridized carbons (Fsp3) is 0.526. The van der Waals surface area contributed by atoms with Gasteiger partial charge in [0.15, 0.2) is 5.11 Å². The highest BCUT2D eigenvalue weighted by Gasteiger charge is 2.39. The summed E-state index contributed by atoms with van der Waals surface area (Å²) in [5.74, 6) is -0.352. The van der Waals surface area contributed by atoms with Crippen molar-refractivity contribution >= 4 is 46.4 Å². The van der Waals surface area contributed by atoms with Gasteiger partial charge in [0.25, 0.3) is 5.91 Å². The molecule has 0 aliphatic heterocycles. The topological polar surface area (TPSA) is 76.9 Å². The van der Waals surface area contributed by atoms with Crippen LogP contribution >= 0.6 is 35.4 Å². The SMILES string of the molecule is CC1(Cl)/C=C\C(NC(=S)NNC(=O)C2(C#N)CCCCC2)=C/C(C)(Cl)/C=C\1. The number of nitriles is 1. The van der Waals surface area contributed by atoms with Gasteiger partial charge < -0.3 is 5.32 Å². The molecule has 0 aromatic heterocycles. The molecule has 1 saturated carbocycles. The van der Waals surface area contributed by atoms with Gasteiger partial charge in [-0.15, -0.1) is 23.2 Å². The molecule has 0 aromatic rings. The van der Waals surface area contributed by atoms with Gasteiger partial charge in [0.05, 0.1) is 15.8 Å². The normalized spacial score (nSPS) is 33.8. The third-order valence-corrected chi connectivity index (χ3v) is 5.36. The maximum Gasteiger partial charge on any atom is 0.258 e. The Morgan fingerprint density at radius 2 is 1.74 bits per heavy atom. The number of nitrogens with zero attached hydrogens (tertiary/aromatic N) is 1. The number of nitrogens with one attached hydrogen (secondary N) is 3. The van der Waals surface area contributed by atoms with Crippen LogP contribution < -0.4 is 16.2 Å². The molecule has 5 nitrogen and oxygen atoms in total. The lowest BCUT2D eigenvalue weighted by atomic mass is 9.75. The van der Waals surface area contributed by atoms with Gasteiger partial charge in [0.1, 0.15) is 5.41 Å². The third kappa shape index (κ3) is 6.24. The van der Waals surface area contributed by atoms with Crippen LogP contribution in [-0.2, 0) is 4.79 Å². The summed E-state index contributed by atoms with van der Waals surface area (Å²) in [5, 5.41) is 12.6. The number of hydrogen-bond acceptors (Lipinski definition) is 3. The lowest BCUT2D eigenvalue weighted by molar-refractivity contribution is -0.130. The molecule has 2 aliphatic carbocycles. The van der Waals surface area contributed by atoms with Crippen molar-refractivity contribution in [2.75, 3.05) is 0 Å².